The van der Waals surface area contributed by atoms with E-state index in [1.54, 1.807) is 0 Å². The third kappa shape index (κ3) is 4.24. The van der Waals surface area contributed by atoms with Crippen LogP contribution in [0, 0.1) is 0 Å². The normalized spacial score (nSPS) is 20.0. The summed E-state index contributed by atoms with van der Waals surface area (Å²) in [6.45, 7) is 0. The molecule has 0 radical (unpaired) electrons. The van der Waals surface area contributed by atoms with Crippen molar-refractivity contribution in [2.75, 3.05) is 0 Å². The number of hydrogen-bond donors (Lipinski definition) is 0. The van der Waals surface area contributed by atoms with Crippen LogP contribution in [0.15, 0.2) is 174 Å². The molecular weight excluding hydrogens is 544 g/mol. The van der Waals surface area contributed by atoms with Crippen LogP contribution in [0.1, 0.15) is 37.0 Å². The lowest BCUT2D eigenvalue weighted by Gasteiger charge is -2.18. The van der Waals surface area contributed by atoms with E-state index >= 15 is 0 Å². The molecule has 45 heavy (non-hydrogen) atoms. The second-order valence-electron chi connectivity index (χ2n) is 9.57. The molecule has 9 rings (SSSR count). The molecule has 0 aliphatic heterocycles. The second-order valence-corrected chi connectivity index (χ2v) is 9.57. The zero-order valence-corrected chi connectivity index (χ0v) is 22.5. The molecule has 0 unspecified atom stereocenters. The summed E-state index contributed by atoms with van der Waals surface area (Å²) < 4.78 is 246. The minimum Gasteiger partial charge on any atom is -0.456 e. The Balaban J connectivity index is 1.52. The van der Waals surface area contributed by atoms with Gasteiger partial charge in [-0.2, -0.15) is 0 Å². The van der Waals surface area contributed by atoms with Crippen LogP contribution in [0.3, 0.4) is 0 Å². The number of benzene rings is 8. The molecule has 0 aliphatic carbocycles. The lowest BCUT2D eigenvalue weighted by atomic mass is 9.85. The number of rotatable bonds is 4. The Kier molecular flexibility index (Phi) is 2.38. The Morgan fingerprint density at radius 2 is 0.800 bits per heavy atom. The van der Waals surface area contributed by atoms with Crippen molar-refractivity contribution in [1.29, 1.82) is 0 Å². The van der Waals surface area contributed by atoms with Crippen LogP contribution in [0.2, 0.25) is 0 Å². The van der Waals surface area contributed by atoms with Gasteiger partial charge in [0.2, 0.25) is 0 Å². The summed E-state index contributed by atoms with van der Waals surface area (Å²) in [6.07, 6.45) is 0. The first-order chi connectivity index (χ1) is 33.6. The lowest BCUT2D eigenvalue weighted by molar-refractivity contribution is 0.669. The molecule has 8 aromatic carbocycles. The van der Waals surface area contributed by atoms with E-state index in [2.05, 4.69) is 0 Å². The molecule has 1 aromatic heterocycles. The lowest BCUT2D eigenvalue weighted by Crippen LogP contribution is -1.91. The molecule has 0 saturated heterocycles. The van der Waals surface area contributed by atoms with Crippen molar-refractivity contribution in [3.05, 3.63) is 169 Å². The molecule has 0 spiro atoms. The molecule has 0 aliphatic rings. The maximum absolute atomic E-state index is 9.77. The minimum atomic E-state index is -1.02. The molecule has 210 valence electrons. The van der Waals surface area contributed by atoms with Gasteiger partial charge >= 0.3 is 0 Å². The van der Waals surface area contributed by atoms with E-state index in [4.69, 9.17) is 27.7 Å². The molecule has 0 atom stereocenters. The van der Waals surface area contributed by atoms with Crippen molar-refractivity contribution in [3.8, 4) is 44.5 Å². The molecule has 0 saturated carbocycles. The molecule has 0 fully saturated rings. The van der Waals surface area contributed by atoms with Gasteiger partial charge < -0.3 is 4.42 Å². The topological polar surface area (TPSA) is 13.1 Å². The first kappa shape index (κ1) is 10.3. The van der Waals surface area contributed by atoms with Gasteiger partial charge in [0.05, 0.1) is 37.0 Å². The molecule has 9 aromatic rings. The predicted octanol–water partition coefficient (Wildman–Crippen LogP) is 12.6. The second kappa shape index (κ2) is 10.4. The van der Waals surface area contributed by atoms with Gasteiger partial charge in [-0.15, -0.1) is 0 Å². The summed E-state index contributed by atoms with van der Waals surface area (Å²) in [5, 5.41) is -3.98. The SMILES string of the molecule is [2H]c1cc([2H])c([2H])c(-c2c([2H])c([2H])c(-c3c4c([2H])c([2H])c([2H])c([2H])c4c(-c4c([2H])c([2H])c5oc6c([2H])c(-c7c([2H])c([2H])c([2H])c([2H])c7[2H])c([2H])c([2H])c6c5c4[2H])c4c([2H])c([2H])c([2H])c([2H])c34)c([2H])c2[2H])c1[2H]. The van der Waals surface area contributed by atoms with Gasteiger partial charge in [0.25, 0.3) is 0 Å². The largest absolute Gasteiger partial charge is 0.456 e. The minimum absolute atomic E-state index is 0.534. The highest BCUT2D eigenvalue weighted by molar-refractivity contribution is 6.22. The number of furan rings is 1. The van der Waals surface area contributed by atoms with E-state index in [9.17, 15) is 13.7 Å². The zero-order chi connectivity index (χ0) is 53.2. The highest BCUT2D eigenvalue weighted by atomic mass is 16.3. The molecule has 1 nitrogen and oxygen atoms in total. The average molecular weight is 600 g/mol. The summed E-state index contributed by atoms with van der Waals surface area (Å²) in [5.74, 6) is 0. The maximum atomic E-state index is 9.77. The Labute approximate surface area is 299 Å². The van der Waals surface area contributed by atoms with Crippen molar-refractivity contribution in [1.82, 2.24) is 0 Å². The van der Waals surface area contributed by atoms with Gasteiger partial charge in [0, 0.05) is 10.8 Å². The van der Waals surface area contributed by atoms with Gasteiger partial charge in [0.15, 0.2) is 0 Å². The molecule has 0 N–H and O–H groups in total. The predicted molar refractivity (Wildman–Crippen MR) is 190 cm³/mol. The highest BCUT2D eigenvalue weighted by Crippen LogP contribution is 2.45. The summed E-state index contributed by atoms with van der Waals surface area (Å²) in [7, 11) is 0. The van der Waals surface area contributed by atoms with Crippen LogP contribution in [0.4, 0.5) is 0 Å². The van der Waals surface area contributed by atoms with E-state index in [1.165, 1.54) is 0 Å². The smallest absolute Gasteiger partial charge is 0.136 e. The number of fused-ring (bicyclic) bond motifs is 5. The van der Waals surface area contributed by atoms with E-state index in [0.717, 1.165) is 6.07 Å². The van der Waals surface area contributed by atoms with Gasteiger partial charge in [-0.1, -0.05) is 145 Å². The quantitative estimate of drug-likeness (QED) is 0.183. The molecule has 1 heteroatoms. The van der Waals surface area contributed by atoms with Crippen molar-refractivity contribution in [3.63, 3.8) is 0 Å². The van der Waals surface area contributed by atoms with Gasteiger partial charge in [-0.25, -0.2) is 0 Å². The van der Waals surface area contributed by atoms with Crippen LogP contribution in [0.5, 0.6) is 0 Å². The summed E-state index contributed by atoms with van der Waals surface area (Å²) in [6, 6.07) is -23.1. The van der Waals surface area contributed by atoms with Crippen LogP contribution < -0.4 is 0 Å². The average Bonchev–Trinajstić information content (AvgIpc) is 3.76. The summed E-state index contributed by atoms with van der Waals surface area (Å²) >= 11 is 0. The van der Waals surface area contributed by atoms with Crippen LogP contribution >= 0.6 is 0 Å². The van der Waals surface area contributed by atoms with E-state index < -0.39 is 251 Å². The third-order valence-electron chi connectivity index (χ3n) is 7.05. The van der Waals surface area contributed by atoms with Crippen molar-refractivity contribution in [2.45, 2.75) is 0 Å². The first-order valence-electron chi connectivity index (χ1n) is 26.7. The van der Waals surface area contributed by atoms with Gasteiger partial charge in [-0.3, -0.25) is 0 Å². The van der Waals surface area contributed by atoms with Crippen LogP contribution in [0.25, 0.3) is 88.0 Å². The fourth-order valence-corrected chi connectivity index (χ4v) is 5.11. The Bertz CT molecular complexity index is 3900. The standard InChI is InChI=1S/C44H28O/c1-3-11-29(12-4-1)31-19-21-32(22-20-31)43-36-15-7-9-17-38(36)44(39-18-10-8-16-37(39)43)34-24-26-41-40(27-34)35-25-23-33(28-42(35)45-41)30-13-5-2-6-14-30/h1-28H/i2D,3D,4D,5D,6D,7D,8D,9D,10D,11D,12D,13D,14D,15D,16D,17D,18D,19D,20D,21D,22D,23D,24D,25D,26D,27D,28D. The van der Waals surface area contributed by atoms with Crippen LogP contribution in [-0.2, 0) is 0 Å². The third-order valence-corrected chi connectivity index (χ3v) is 7.05. The molecular formula is C44H28O. The van der Waals surface area contributed by atoms with E-state index in [0.29, 0.717) is 0 Å². The Morgan fingerprint density at radius 3 is 1.47 bits per heavy atom. The zero-order valence-electron chi connectivity index (χ0n) is 49.5. The number of hydrogen-bond acceptors (Lipinski definition) is 1. The fourth-order valence-electron chi connectivity index (χ4n) is 5.11. The van der Waals surface area contributed by atoms with Crippen LogP contribution in [-0.4, -0.2) is 0 Å². The van der Waals surface area contributed by atoms with Crippen molar-refractivity contribution >= 4 is 43.5 Å². The fraction of sp³-hybridized carbons (Fsp3) is 0. The van der Waals surface area contributed by atoms with E-state index in [-0.39, 0.29) is 0 Å². The summed E-state index contributed by atoms with van der Waals surface area (Å²) in [4.78, 5) is 0. The highest BCUT2D eigenvalue weighted by Gasteiger charge is 2.18. The first-order valence-corrected chi connectivity index (χ1v) is 13.2. The Hall–Kier alpha value is -5.92. The van der Waals surface area contributed by atoms with Crippen molar-refractivity contribution < 1.29 is 41.4 Å². The van der Waals surface area contributed by atoms with E-state index in [1.807, 2.05) is 0 Å². The molecule has 0 bridgehead atoms. The Morgan fingerprint density at radius 1 is 0.311 bits per heavy atom. The van der Waals surface area contributed by atoms with Crippen molar-refractivity contribution in [2.24, 2.45) is 0 Å². The monoisotopic (exact) mass is 599 g/mol. The summed E-state index contributed by atoms with van der Waals surface area (Å²) in [5.41, 5.74) is -6.94. The maximum Gasteiger partial charge on any atom is 0.136 e. The van der Waals surface area contributed by atoms with Gasteiger partial charge in [0.1, 0.15) is 11.2 Å². The molecule has 0 amide bonds. The van der Waals surface area contributed by atoms with Gasteiger partial charge in [-0.05, 0) is 90.2 Å². The molecule has 1 heterocycles.